The van der Waals surface area contributed by atoms with Crippen molar-refractivity contribution in [3.8, 4) is 5.75 Å². The van der Waals surface area contributed by atoms with Crippen molar-refractivity contribution in [1.82, 2.24) is 10.4 Å². The minimum atomic E-state index is 0.360. The Balaban J connectivity index is 1.81. The normalized spacial score (nSPS) is 10.9. The molecule has 1 heterocycles. The van der Waals surface area contributed by atoms with Crippen molar-refractivity contribution in [3.05, 3.63) is 90.3 Å². The number of pyridine rings is 1. The third-order valence-electron chi connectivity index (χ3n) is 3.58. The number of rotatable bonds is 5. The van der Waals surface area contributed by atoms with E-state index in [4.69, 9.17) is 17.0 Å². The molecule has 3 rings (SSSR count). The molecule has 26 heavy (non-hydrogen) atoms. The van der Waals surface area contributed by atoms with E-state index in [9.17, 15) is 0 Å². The first-order chi connectivity index (χ1) is 12.8. The molecule has 0 fully saturated rings. The van der Waals surface area contributed by atoms with Gasteiger partial charge >= 0.3 is 0 Å². The lowest BCUT2D eigenvalue weighted by Gasteiger charge is -2.12. The molecular formula is C20H18N4OS. The Kier molecular flexibility index (Phi) is 5.90. The molecule has 0 amide bonds. The standard InChI is InChI=1S/C20H18N4OS/c1-25-18-13-6-5-11-16(18)22-20(26)24-23-19(15-9-3-2-4-10-15)17-12-7-8-14-21-17/h2-14H,1H3,(H2,22,24,26). The number of hydrogen-bond acceptors (Lipinski definition) is 4. The van der Waals surface area contributed by atoms with Crippen molar-refractivity contribution in [1.29, 1.82) is 0 Å². The summed E-state index contributed by atoms with van der Waals surface area (Å²) in [6.45, 7) is 0. The van der Waals surface area contributed by atoms with Crippen molar-refractivity contribution >= 4 is 28.7 Å². The first-order valence-corrected chi connectivity index (χ1v) is 8.43. The lowest BCUT2D eigenvalue weighted by atomic mass is 10.1. The third-order valence-corrected chi connectivity index (χ3v) is 3.77. The Morgan fingerprint density at radius 3 is 2.42 bits per heavy atom. The summed E-state index contributed by atoms with van der Waals surface area (Å²) >= 11 is 5.36. The third kappa shape index (κ3) is 4.43. The molecule has 0 atom stereocenters. The summed E-state index contributed by atoms with van der Waals surface area (Å²) in [5, 5.41) is 7.92. The molecule has 0 aliphatic rings. The zero-order chi connectivity index (χ0) is 18.2. The number of aromatic nitrogens is 1. The van der Waals surface area contributed by atoms with Crippen LogP contribution in [0.5, 0.6) is 5.75 Å². The summed E-state index contributed by atoms with van der Waals surface area (Å²) in [7, 11) is 1.61. The highest BCUT2D eigenvalue weighted by Gasteiger charge is 2.09. The van der Waals surface area contributed by atoms with Gasteiger partial charge in [0.1, 0.15) is 11.5 Å². The van der Waals surface area contributed by atoms with Crippen LogP contribution in [0.15, 0.2) is 84.1 Å². The maximum Gasteiger partial charge on any atom is 0.191 e. The molecule has 0 radical (unpaired) electrons. The molecule has 5 nitrogen and oxygen atoms in total. The van der Waals surface area contributed by atoms with Gasteiger partial charge in [0.2, 0.25) is 0 Å². The van der Waals surface area contributed by atoms with Crippen molar-refractivity contribution in [2.75, 3.05) is 12.4 Å². The molecule has 0 saturated heterocycles. The van der Waals surface area contributed by atoms with Crippen LogP contribution in [-0.2, 0) is 0 Å². The summed E-state index contributed by atoms with van der Waals surface area (Å²) in [5.74, 6) is 0.702. The van der Waals surface area contributed by atoms with E-state index in [1.54, 1.807) is 13.3 Å². The zero-order valence-corrected chi connectivity index (χ0v) is 15.0. The number of thiocarbonyl (C=S) groups is 1. The number of anilines is 1. The second kappa shape index (κ2) is 8.73. The van der Waals surface area contributed by atoms with E-state index in [1.165, 1.54) is 0 Å². The van der Waals surface area contributed by atoms with Crippen LogP contribution >= 0.6 is 12.2 Å². The Hall–Kier alpha value is -3.25. The highest BCUT2D eigenvalue weighted by Crippen LogP contribution is 2.22. The first kappa shape index (κ1) is 17.6. The van der Waals surface area contributed by atoms with Gasteiger partial charge in [-0.05, 0) is 36.5 Å². The van der Waals surface area contributed by atoms with Gasteiger partial charge in [-0.3, -0.25) is 10.4 Å². The summed E-state index contributed by atoms with van der Waals surface area (Å²) in [6, 6.07) is 23.1. The Labute approximate surface area is 157 Å². The van der Waals surface area contributed by atoms with Gasteiger partial charge in [-0.25, -0.2) is 0 Å². The maximum absolute atomic E-state index is 5.36. The number of hydrogen-bond donors (Lipinski definition) is 2. The van der Waals surface area contributed by atoms with E-state index in [0.29, 0.717) is 16.6 Å². The van der Waals surface area contributed by atoms with E-state index in [2.05, 4.69) is 20.8 Å². The molecule has 3 aromatic rings. The number of para-hydroxylation sites is 2. The van der Waals surface area contributed by atoms with E-state index in [1.807, 2.05) is 72.8 Å². The van der Waals surface area contributed by atoms with E-state index >= 15 is 0 Å². The predicted octanol–water partition coefficient (Wildman–Crippen LogP) is 3.83. The van der Waals surface area contributed by atoms with Crippen LogP contribution in [0.3, 0.4) is 0 Å². The molecule has 0 saturated carbocycles. The molecule has 6 heteroatoms. The molecule has 0 unspecified atom stereocenters. The van der Waals surface area contributed by atoms with Crippen molar-refractivity contribution < 1.29 is 4.74 Å². The SMILES string of the molecule is COc1ccccc1NC(=S)NN=C(c1ccccc1)c1ccccn1. The fourth-order valence-electron chi connectivity index (χ4n) is 2.37. The largest absolute Gasteiger partial charge is 0.495 e. The second-order valence-corrected chi connectivity index (χ2v) is 5.72. The average molecular weight is 362 g/mol. The quantitative estimate of drug-likeness (QED) is 0.410. The van der Waals surface area contributed by atoms with Crippen LogP contribution in [0.2, 0.25) is 0 Å². The second-order valence-electron chi connectivity index (χ2n) is 5.31. The molecule has 1 aromatic heterocycles. The topological polar surface area (TPSA) is 58.5 Å². The highest BCUT2D eigenvalue weighted by atomic mass is 32.1. The predicted molar refractivity (Wildman–Crippen MR) is 109 cm³/mol. The van der Waals surface area contributed by atoms with E-state index in [0.717, 1.165) is 16.9 Å². The van der Waals surface area contributed by atoms with Crippen LogP contribution in [0, 0.1) is 0 Å². The lowest BCUT2D eigenvalue weighted by molar-refractivity contribution is 0.417. The first-order valence-electron chi connectivity index (χ1n) is 8.02. The van der Waals surface area contributed by atoms with Gasteiger partial charge in [-0.15, -0.1) is 0 Å². The van der Waals surface area contributed by atoms with Crippen LogP contribution in [0.4, 0.5) is 5.69 Å². The number of benzene rings is 2. The smallest absolute Gasteiger partial charge is 0.191 e. The average Bonchev–Trinajstić information content (AvgIpc) is 2.70. The van der Waals surface area contributed by atoms with Gasteiger partial charge < -0.3 is 10.1 Å². The van der Waals surface area contributed by atoms with E-state index < -0.39 is 0 Å². The van der Waals surface area contributed by atoms with Gasteiger partial charge in [-0.2, -0.15) is 5.10 Å². The van der Waals surface area contributed by atoms with Crippen LogP contribution in [-0.4, -0.2) is 22.9 Å². The minimum absolute atomic E-state index is 0.360. The fourth-order valence-corrected chi connectivity index (χ4v) is 2.53. The molecule has 130 valence electrons. The molecule has 2 N–H and O–H groups in total. The van der Waals surface area contributed by atoms with E-state index in [-0.39, 0.29) is 0 Å². The van der Waals surface area contributed by atoms with Crippen LogP contribution in [0.25, 0.3) is 0 Å². The van der Waals surface area contributed by atoms with Crippen molar-refractivity contribution in [2.24, 2.45) is 5.10 Å². The lowest BCUT2D eigenvalue weighted by Crippen LogP contribution is -2.26. The summed E-state index contributed by atoms with van der Waals surface area (Å²) < 4.78 is 5.31. The zero-order valence-electron chi connectivity index (χ0n) is 14.2. The number of hydrazone groups is 1. The molecule has 0 bridgehead atoms. The maximum atomic E-state index is 5.36. The fraction of sp³-hybridized carbons (Fsp3) is 0.0500. The summed E-state index contributed by atoms with van der Waals surface area (Å²) in [4.78, 5) is 4.39. The van der Waals surface area contributed by atoms with Gasteiger partial charge in [0.15, 0.2) is 5.11 Å². The van der Waals surface area contributed by atoms with Gasteiger partial charge in [0, 0.05) is 11.8 Å². The van der Waals surface area contributed by atoms with Crippen LogP contribution < -0.4 is 15.5 Å². The van der Waals surface area contributed by atoms with Gasteiger partial charge in [0.05, 0.1) is 18.5 Å². The van der Waals surface area contributed by atoms with Crippen molar-refractivity contribution in [3.63, 3.8) is 0 Å². The van der Waals surface area contributed by atoms with Crippen molar-refractivity contribution in [2.45, 2.75) is 0 Å². The van der Waals surface area contributed by atoms with Gasteiger partial charge in [-0.1, -0.05) is 48.5 Å². The summed E-state index contributed by atoms with van der Waals surface area (Å²) in [6.07, 6.45) is 1.74. The Bertz CT molecular complexity index is 856. The monoisotopic (exact) mass is 362 g/mol. The molecule has 0 aliphatic heterocycles. The van der Waals surface area contributed by atoms with Crippen LogP contribution in [0.1, 0.15) is 11.3 Å². The Morgan fingerprint density at radius 2 is 1.69 bits per heavy atom. The molecular weight excluding hydrogens is 344 g/mol. The number of nitrogens with one attached hydrogen (secondary N) is 2. The minimum Gasteiger partial charge on any atom is -0.495 e. The Morgan fingerprint density at radius 1 is 0.962 bits per heavy atom. The number of nitrogens with zero attached hydrogens (tertiary/aromatic N) is 2. The number of methoxy groups -OCH3 is 1. The van der Waals surface area contributed by atoms with Gasteiger partial charge in [0.25, 0.3) is 0 Å². The molecule has 0 aliphatic carbocycles. The summed E-state index contributed by atoms with van der Waals surface area (Å²) in [5.41, 5.74) is 6.06. The molecule has 2 aromatic carbocycles. The molecule has 0 spiro atoms. The highest BCUT2D eigenvalue weighted by molar-refractivity contribution is 7.80. The number of ether oxygens (including phenoxy) is 1.